The van der Waals surface area contributed by atoms with Crippen molar-refractivity contribution in [3.05, 3.63) is 15.7 Å². The van der Waals surface area contributed by atoms with E-state index in [0.717, 1.165) is 3.57 Å². The minimum atomic E-state index is -0.974. The maximum absolute atomic E-state index is 10.8. The Morgan fingerprint density at radius 3 is 2.22 bits per heavy atom. The van der Waals surface area contributed by atoms with Crippen LogP contribution in [0.5, 0.6) is 17.2 Å². The van der Waals surface area contributed by atoms with Crippen LogP contribution in [-0.4, -0.2) is 33.4 Å². The van der Waals surface area contributed by atoms with Gasteiger partial charge in [-0.1, -0.05) is 0 Å². The summed E-state index contributed by atoms with van der Waals surface area (Å²) < 4.78 is 21.9. The number of methoxy groups -OCH3 is 2. The van der Waals surface area contributed by atoms with E-state index in [9.17, 15) is 4.79 Å². The molecule has 0 aromatic heterocycles. The van der Waals surface area contributed by atoms with Crippen LogP contribution in [0.15, 0.2) is 12.1 Å². The molecule has 0 amide bonds. The molecule has 0 saturated heterocycles. The van der Waals surface area contributed by atoms with Gasteiger partial charge in [-0.2, -0.15) is 0 Å². The van der Waals surface area contributed by atoms with E-state index in [1.165, 1.54) is 14.2 Å². The van der Waals surface area contributed by atoms with Gasteiger partial charge in [0, 0.05) is 10.2 Å². The molecule has 0 bridgehead atoms. The van der Waals surface area contributed by atoms with Crippen molar-refractivity contribution in [2.75, 3.05) is 20.8 Å². The molecule has 18 heavy (non-hydrogen) atoms. The second-order valence-corrected chi connectivity index (χ2v) is 4.46. The zero-order valence-electron chi connectivity index (χ0n) is 10.4. The highest BCUT2D eigenvalue weighted by molar-refractivity contribution is 14.1. The van der Waals surface area contributed by atoms with Crippen molar-refractivity contribution in [1.29, 1.82) is 0 Å². The van der Waals surface area contributed by atoms with Gasteiger partial charge in [0.15, 0.2) is 17.8 Å². The Hall–Kier alpha value is -1.02. The zero-order valence-corrected chi connectivity index (χ0v) is 12.6. The highest BCUT2D eigenvalue weighted by Crippen LogP contribution is 2.39. The Morgan fingerprint density at radius 2 is 1.83 bits per heavy atom. The lowest BCUT2D eigenvalue weighted by Gasteiger charge is -2.18. The first kappa shape index (κ1) is 15.0. The van der Waals surface area contributed by atoms with Crippen molar-refractivity contribution >= 4 is 28.9 Å². The van der Waals surface area contributed by atoms with E-state index in [1.807, 2.05) is 0 Å². The SMILES string of the molecule is CCOC(C=O)Oc1c(OC)cc(I)cc1OC. The summed E-state index contributed by atoms with van der Waals surface area (Å²) in [5, 5.41) is 0. The first-order valence-electron chi connectivity index (χ1n) is 5.31. The summed E-state index contributed by atoms with van der Waals surface area (Å²) in [5.74, 6) is 1.33. The Kier molecular flexibility index (Phi) is 6.20. The zero-order chi connectivity index (χ0) is 13.5. The highest BCUT2D eigenvalue weighted by atomic mass is 127. The topological polar surface area (TPSA) is 54.0 Å². The fourth-order valence-corrected chi connectivity index (χ4v) is 1.91. The van der Waals surface area contributed by atoms with Crippen LogP contribution in [-0.2, 0) is 9.53 Å². The molecule has 0 radical (unpaired) electrons. The Bertz CT molecular complexity index is 382. The number of ether oxygens (including phenoxy) is 4. The number of rotatable bonds is 7. The maximum Gasteiger partial charge on any atom is 0.257 e. The molecular weight excluding hydrogens is 351 g/mol. The molecule has 0 fully saturated rings. The van der Waals surface area contributed by atoms with Crippen LogP contribution in [0.2, 0.25) is 0 Å². The number of carbonyl (C=O) groups excluding carboxylic acids is 1. The largest absolute Gasteiger partial charge is 0.493 e. The maximum atomic E-state index is 10.8. The smallest absolute Gasteiger partial charge is 0.257 e. The predicted octanol–water partition coefficient (Wildman–Crippen LogP) is 2.25. The third-order valence-corrected chi connectivity index (χ3v) is 2.72. The highest BCUT2D eigenvalue weighted by Gasteiger charge is 2.18. The first-order chi connectivity index (χ1) is 8.65. The van der Waals surface area contributed by atoms with E-state index >= 15 is 0 Å². The van der Waals surface area contributed by atoms with Crippen LogP contribution in [0.3, 0.4) is 0 Å². The van der Waals surface area contributed by atoms with E-state index in [4.69, 9.17) is 18.9 Å². The van der Waals surface area contributed by atoms with Crippen molar-refractivity contribution in [2.24, 2.45) is 0 Å². The minimum absolute atomic E-state index is 0.353. The van der Waals surface area contributed by atoms with Gasteiger partial charge in [-0.05, 0) is 41.6 Å². The number of halogens is 1. The lowest BCUT2D eigenvalue weighted by Crippen LogP contribution is -2.22. The van der Waals surface area contributed by atoms with Crippen molar-refractivity contribution in [2.45, 2.75) is 13.2 Å². The van der Waals surface area contributed by atoms with Gasteiger partial charge >= 0.3 is 0 Å². The van der Waals surface area contributed by atoms with E-state index in [-0.39, 0.29) is 0 Å². The van der Waals surface area contributed by atoms with Gasteiger partial charge in [-0.15, -0.1) is 0 Å². The lowest BCUT2D eigenvalue weighted by molar-refractivity contribution is -0.136. The van der Waals surface area contributed by atoms with Crippen LogP contribution in [0.4, 0.5) is 0 Å². The quantitative estimate of drug-likeness (QED) is 0.421. The summed E-state index contributed by atoms with van der Waals surface area (Å²) >= 11 is 2.14. The number of aldehydes is 1. The number of benzene rings is 1. The second kappa shape index (κ2) is 7.42. The van der Waals surface area contributed by atoms with Gasteiger partial charge in [-0.25, -0.2) is 0 Å². The van der Waals surface area contributed by atoms with Crippen LogP contribution in [0.25, 0.3) is 0 Å². The molecule has 1 rings (SSSR count). The van der Waals surface area contributed by atoms with E-state index in [2.05, 4.69) is 22.6 Å². The van der Waals surface area contributed by atoms with Gasteiger partial charge < -0.3 is 18.9 Å². The van der Waals surface area contributed by atoms with Gasteiger partial charge in [0.05, 0.1) is 14.2 Å². The molecule has 100 valence electrons. The number of carbonyl (C=O) groups is 1. The first-order valence-corrected chi connectivity index (χ1v) is 6.39. The van der Waals surface area contributed by atoms with E-state index in [0.29, 0.717) is 30.1 Å². The molecule has 0 spiro atoms. The number of hydrogen-bond acceptors (Lipinski definition) is 5. The predicted molar refractivity (Wildman–Crippen MR) is 74.4 cm³/mol. The van der Waals surface area contributed by atoms with Gasteiger partial charge in [0.25, 0.3) is 6.29 Å². The molecule has 1 aromatic rings. The van der Waals surface area contributed by atoms with Crippen molar-refractivity contribution in [1.82, 2.24) is 0 Å². The summed E-state index contributed by atoms with van der Waals surface area (Å²) in [4.78, 5) is 10.8. The Balaban J connectivity index is 3.08. The average Bonchev–Trinajstić information content (AvgIpc) is 2.38. The fraction of sp³-hybridized carbons (Fsp3) is 0.417. The summed E-state index contributed by atoms with van der Waals surface area (Å²) in [7, 11) is 3.04. The van der Waals surface area contributed by atoms with Crippen LogP contribution in [0.1, 0.15) is 6.92 Å². The third kappa shape index (κ3) is 3.74. The van der Waals surface area contributed by atoms with Crippen molar-refractivity contribution in [3.63, 3.8) is 0 Å². The van der Waals surface area contributed by atoms with Crippen LogP contribution < -0.4 is 14.2 Å². The molecule has 1 atom stereocenters. The summed E-state index contributed by atoms with van der Waals surface area (Å²) in [6, 6.07) is 3.57. The van der Waals surface area contributed by atoms with Crippen LogP contribution >= 0.6 is 22.6 Å². The van der Waals surface area contributed by atoms with Crippen molar-refractivity contribution < 1.29 is 23.7 Å². The summed E-state index contributed by atoms with van der Waals surface area (Å²) in [5.41, 5.74) is 0. The standard InChI is InChI=1S/C12H15IO5/c1-4-17-11(7-14)18-12-9(15-2)5-8(13)6-10(12)16-3/h5-7,11H,4H2,1-3H3. The third-order valence-electron chi connectivity index (χ3n) is 2.10. The van der Waals surface area contributed by atoms with Gasteiger partial charge in [0.1, 0.15) is 0 Å². The molecule has 1 aromatic carbocycles. The molecule has 6 heteroatoms. The average molecular weight is 366 g/mol. The van der Waals surface area contributed by atoms with Crippen LogP contribution in [0, 0.1) is 3.57 Å². The molecule has 0 aliphatic carbocycles. The molecule has 0 aliphatic heterocycles. The number of hydrogen-bond donors (Lipinski definition) is 0. The molecular formula is C12H15IO5. The molecule has 0 aliphatic rings. The van der Waals surface area contributed by atoms with E-state index < -0.39 is 6.29 Å². The molecule has 1 unspecified atom stereocenters. The molecule has 0 heterocycles. The summed E-state index contributed by atoms with van der Waals surface area (Å²) in [6.45, 7) is 2.15. The van der Waals surface area contributed by atoms with E-state index in [1.54, 1.807) is 19.1 Å². The second-order valence-electron chi connectivity index (χ2n) is 3.22. The molecule has 0 N–H and O–H groups in total. The normalized spacial score (nSPS) is 11.8. The van der Waals surface area contributed by atoms with Gasteiger partial charge in [-0.3, -0.25) is 4.79 Å². The lowest BCUT2D eigenvalue weighted by atomic mass is 10.3. The molecule has 5 nitrogen and oxygen atoms in total. The molecule has 0 saturated carbocycles. The Labute approximate surface area is 119 Å². The summed E-state index contributed by atoms with van der Waals surface area (Å²) in [6.07, 6.45) is -0.391. The Morgan fingerprint density at radius 1 is 1.28 bits per heavy atom. The minimum Gasteiger partial charge on any atom is -0.493 e. The monoisotopic (exact) mass is 366 g/mol. The van der Waals surface area contributed by atoms with Crippen molar-refractivity contribution in [3.8, 4) is 17.2 Å². The fourth-order valence-electron chi connectivity index (χ4n) is 1.35. The van der Waals surface area contributed by atoms with Gasteiger partial charge in [0.2, 0.25) is 5.75 Å².